The fourth-order valence-electron chi connectivity index (χ4n) is 6.13. The Hall–Kier alpha value is -5.02. The summed E-state index contributed by atoms with van der Waals surface area (Å²) in [6, 6.07) is 37.7. The summed E-state index contributed by atoms with van der Waals surface area (Å²) in [6.45, 7) is 6.59. The fraction of sp³-hybridized carbons (Fsp3) is 0.128. The molecule has 0 amide bonds. The van der Waals surface area contributed by atoms with Crippen molar-refractivity contribution in [3.8, 4) is 11.1 Å². The molecule has 0 aliphatic heterocycles. The Morgan fingerprint density at radius 3 is 2.21 bits per heavy atom. The summed E-state index contributed by atoms with van der Waals surface area (Å²) in [7, 11) is 0. The van der Waals surface area contributed by atoms with Crippen molar-refractivity contribution in [1.82, 2.24) is 0 Å². The average molecular weight is 546 g/mol. The number of nitrogens with two attached hydrogens (primary N) is 1. The topological polar surface area (TPSA) is 62.2 Å². The van der Waals surface area contributed by atoms with Gasteiger partial charge in [-0.2, -0.15) is 0 Å². The zero-order valence-electron chi connectivity index (χ0n) is 24.3. The number of aliphatic imine (C=N–C) groups is 1. The highest BCUT2D eigenvalue weighted by atomic mass is 14.9. The van der Waals surface area contributed by atoms with E-state index >= 15 is 0 Å². The van der Waals surface area contributed by atoms with E-state index in [1.54, 1.807) is 0 Å². The van der Waals surface area contributed by atoms with Crippen LogP contribution in [0.25, 0.3) is 33.5 Å². The number of hydrogen-bond donors (Lipinski definition) is 2. The van der Waals surface area contributed by atoms with Crippen LogP contribution in [0, 0.1) is 5.41 Å². The number of amidine groups is 1. The Labute approximate surface area is 248 Å². The first-order valence-electron chi connectivity index (χ1n) is 14.4. The molecule has 0 radical (unpaired) electrons. The molecule has 42 heavy (non-hydrogen) atoms. The molecule has 3 nitrogen and oxygen atoms in total. The summed E-state index contributed by atoms with van der Waals surface area (Å²) in [5, 5.41) is 10.4. The third-order valence-electron chi connectivity index (χ3n) is 8.43. The number of allylic oxidation sites excluding steroid dienone is 2. The summed E-state index contributed by atoms with van der Waals surface area (Å²) in [5.74, 6) is 0.491. The predicted molar refractivity (Wildman–Crippen MR) is 179 cm³/mol. The van der Waals surface area contributed by atoms with Gasteiger partial charge in [0.05, 0.1) is 6.04 Å². The molecule has 3 N–H and O–H groups in total. The molecule has 1 atom stereocenters. The van der Waals surface area contributed by atoms with E-state index in [0.29, 0.717) is 5.84 Å². The lowest BCUT2D eigenvalue weighted by Crippen LogP contribution is -2.15. The van der Waals surface area contributed by atoms with Crippen LogP contribution in [0.5, 0.6) is 0 Å². The molecule has 206 valence electrons. The van der Waals surface area contributed by atoms with E-state index in [9.17, 15) is 0 Å². The Morgan fingerprint density at radius 2 is 1.48 bits per heavy atom. The van der Waals surface area contributed by atoms with Crippen molar-refractivity contribution in [1.29, 1.82) is 5.41 Å². The molecule has 3 heteroatoms. The van der Waals surface area contributed by atoms with Gasteiger partial charge in [-0.25, -0.2) is 0 Å². The Morgan fingerprint density at radius 1 is 0.786 bits per heavy atom. The van der Waals surface area contributed by atoms with Crippen molar-refractivity contribution in [3.05, 3.63) is 155 Å². The Bertz CT molecular complexity index is 1890. The van der Waals surface area contributed by atoms with Crippen molar-refractivity contribution in [3.63, 3.8) is 0 Å². The minimum Gasteiger partial charge on any atom is -0.383 e. The zero-order valence-corrected chi connectivity index (χ0v) is 24.3. The van der Waals surface area contributed by atoms with Crippen molar-refractivity contribution in [2.75, 3.05) is 0 Å². The average Bonchev–Trinajstić information content (AvgIpc) is 3.25. The van der Waals surface area contributed by atoms with Crippen molar-refractivity contribution >= 4 is 34.5 Å². The maximum atomic E-state index is 7.85. The lowest BCUT2D eigenvalue weighted by Gasteiger charge is -2.21. The number of fused-ring (bicyclic) bond motifs is 4. The van der Waals surface area contributed by atoms with Gasteiger partial charge in [0.15, 0.2) is 0 Å². The molecule has 1 aliphatic carbocycles. The van der Waals surface area contributed by atoms with E-state index < -0.39 is 0 Å². The molecule has 0 saturated heterocycles. The number of benzene rings is 5. The quantitative estimate of drug-likeness (QED) is 0.155. The third-order valence-corrected chi connectivity index (χ3v) is 8.43. The van der Waals surface area contributed by atoms with E-state index in [0.717, 1.165) is 27.8 Å². The van der Waals surface area contributed by atoms with Gasteiger partial charge in [0.25, 0.3) is 0 Å². The first-order chi connectivity index (χ1) is 20.4. The molecule has 0 spiro atoms. The number of nitrogens with one attached hydrogen (secondary N) is 1. The maximum absolute atomic E-state index is 7.85. The van der Waals surface area contributed by atoms with Crippen LogP contribution >= 0.6 is 0 Å². The molecule has 0 saturated carbocycles. The smallest absolute Gasteiger partial charge is 0.126 e. The summed E-state index contributed by atoms with van der Waals surface area (Å²) in [6.07, 6.45) is 7.69. The van der Waals surface area contributed by atoms with Crippen LogP contribution in [0.15, 0.2) is 126 Å². The van der Waals surface area contributed by atoms with Gasteiger partial charge in [-0.1, -0.05) is 123 Å². The highest BCUT2D eigenvalue weighted by Gasteiger charge is 2.36. The van der Waals surface area contributed by atoms with E-state index in [4.69, 9.17) is 16.1 Å². The Balaban J connectivity index is 1.48. The third kappa shape index (κ3) is 4.88. The summed E-state index contributed by atoms with van der Waals surface area (Å²) < 4.78 is 0. The van der Waals surface area contributed by atoms with Gasteiger partial charge >= 0.3 is 0 Å². The summed E-state index contributed by atoms with van der Waals surface area (Å²) in [4.78, 5) is 5.02. The van der Waals surface area contributed by atoms with E-state index in [1.165, 1.54) is 39.2 Å². The standard InChI is InChI=1S/C39H35N3/c1-4-26(25-40)29-17-10-18-32(22-29)36(42-38(41)28-12-6-5-7-13-28)21-20-27-16-11-19-34-37(27)33-23-30-14-8-9-15-31(30)24-35(33)39(34,2)3/h4-25,36,40H,1-3H3,(H2,41,42)/b21-20+,26-4+,40-25?. The van der Waals surface area contributed by atoms with Gasteiger partial charge in [-0.05, 0) is 80.4 Å². The van der Waals surface area contributed by atoms with Crippen LogP contribution in [0.4, 0.5) is 0 Å². The lowest BCUT2D eigenvalue weighted by molar-refractivity contribution is 0.661. The van der Waals surface area contributed by atoms with Crippen LogP contribution in [-0.4, -0.2) is 12.1 Å². The molecule has 0 bridgehead atoms. The van der Waals surface area contributed by atoms with Gasteiger partial charge in [-0.15, -0.1) is 0 Å². The van der Waals surface area contributed by atoms with Crippen molar-refractivity contribution in [2.24, 2.45) is 10.7 Å². The first kappa shape index (κ1) is 27.2. The number of rotatable bonds is 7. The molecule has 5 aromatic carbocycles. The second-order valence-corrected chi connectivity index (χ2v) is 11.3. The zero-order chi connectivity index (χ0) is 29.3. The van der Waals surface area contributed by atoms with Crippen LogP contribution in [0.3, 0.4) is 0 Å². The minimum absolute atomic E-state index is 0.0994. The van der Waals surface area contributed by atoms with Gasteiger partial charge in [0.1, 0.15) is 5.84 Å². The normalized spacial score (nSPS) is 15.0. The van der Waals surface area contributed by atoms with Gasteiger partial charge in [0.2, 0.25) is 0 Å². The van der Waals surface area contributed by atoms with Crippen LogP contribution in [0.1, 0.15) is 60.2 Å². The van der Waals surface area contributed by atoms with Crippen molar-refractivity contribution in [2.45, 2.75) is 32.2 Å². The monoisotopic (exact) mass is 545 g/mol. The lowest BCUT2D eigenvalue weighted by atomic mass is 9.81. The van der Waals surface area contributed by atoms with Gasteiger partial charge in [-0.3, -0.25) is 4.99 Å². The Kier molecular flexibility index (Phi) is 7.18. The molecule has 1 unspecified atom stereocenters. The highest BCUT2D eigenvalue weighted by Crippen LogP contribution is 2.51. The van der Waals surface area contributed by atoms with E-state index in [2.05, 4.69) is 92.7 Å². The van der Waals surface area contributed by atoms with E-state index in [1.807, 2.05) is 55.5 Å². The second kappa shape index (κ2) is 11.1. The molecular weight excluding hydrogens is 510 g/mol. The SMILES string of the molecule is C/C=C(\C=N)c1cccc(C(/C=C/c2cccc3c2-c2cc4ccccc4cc2C3(C)C)N=C(N)c2ccccc2)c1. The van der Waals surface area contributed by atoms with E-state index in [-0.39, 0.29) is 11.5 Å². The molecule has 5 aromatic rings. The van der Waals surface area contributed by atoms with Crippen LogP contribution in [0.2, 0.25) is 0 Å². The molecule has 6 rings (SSSR count). The van der Waals surface area contributed by atoms with Gasteiger partial charge in [0, 0.05) is 17.2 Å². The second-order valence-electron chi connectivity index (χ2n) is 11.3. The predicted octanol–water partition coefficient (Wildman–Crippen LogP) is 9.36. The maximum Gasteiger partial charge on any atom is 0.126 e. The van der Waals surface area contributed by atoms with Crippen molar-refractivity contribution < 1.29 is 0 Å². The molecule has 0 fully saturated rings. The molecule has 0 heterocycles. The first-order valence-corrected chi connectivity index (χ1v) is 14.4. The van der Waals surface area contributed by atoms with Gasteiger partial charge < -0.3 is 11.1 Å². The molecule has 1 aliphatic rings. The largest absolute Gasteiger partial charge is 0.383 e. The summed E-state index contributed by atoms with van der Waals surface area (Å²) >= 11 is 0. The fourth-order valence-corrected chi connectivity index (χ4v) is 6.13. The molecular formula is C39H35N3. The van der Waals surface area contributed by atoms with Crippen LogP contribution in [-0.2, 0) is 5.41 Å². The number of hydrogen-bond acceptors (Lipinski definition) is 2. The number of nitrogens with zero attached hydrogens (tertiary/aromatic N) is 1. The highest BCUT2D eigenvalue weighted by molar-refractivity contribution is 6.08. The minimum atomic E-state index is -0.310. The molecule has 0 aromatic heterocycles. The van der Waals surface area contributed by atoms with Crippen LogP contribution < -0.4 is 5.73 Å². The summed E-state index contributed by atoms with van der Waals surface area (Å²) in [5.41, 5.74) is 16.7.